The number of carbonyl (C=O) groups excluding carboxylic acids is 1. The zero-order valence-electron chi connectivity index (χ0n) is 14.6. The molecule has 0 spiro atoms. The van der Waals surface area contributed by atoms with Gasteiger partial charge in [0, 0.05) is 10.9 Å². The molecule has 0 aliphatic carbocycles. The van der Waals surface area contributed by atoms with Crippen LogP contribution in [0.3, 0.4) is 0 Å². The fraction of sp³-hybridized carbons (Fsp3) is 0.158. The lowest BCUT2D eigenvalue weighted by Crippen LogP contribution is -2.14. The molecule has 7 heteroatoms. The molecule has 134 valence electrons. The first-order valence-corrected chi connectivity index (χ1v) is 8.66. The molecule has 0 bridgehead atoms. The molecule has 1 N–H and O–H groups in total. The summed E-state index contributed by atoms with van der Waals surface area (Å²) in [6.07, 6.45) is 0. The number of hydrogen-bond acceptors (Lipinski definition) is 6. The summed E-state index contributed by atoms with van der Waals surface area (Å²) >= 11 is 1.34. The van der Waals surface area contributed by atoms with E-state index in [4.69, 9.17) is 14.2 Å². The summed E-state index contributed by atoms with van der Waals surface area (Å²) in [6, 6.07) is 12.8. The molecule has 0 saturated heterocycles. The monoisotopic (exact) mass is 370 g/mol. The summed E-state index contributed by atoms with van der Waals surface area (Å²) in [6.45, 7) is 0. The zero-order valence-corrected chi connectivity index (χ0v) is 15.4. The van der Waals surface area contributed by atoms with Gasteiger partial charge < -0.3 is 14.2 Å². The zero-order chi connectivity index (χ0) is 18.5. The highest BCUT2D eigenvalue weighted by Crippen LogP contribution is 2.31. The number of aromatic nitrogens is 1. The van der Waals surface area contributed by atoms with Crippen LogP contribution in [0.25, 0.3) is 11.3 Å². The number of rotatable bonds is 6. The number of methoxy groups -OCH3 is 3. The van der Waals surface area contributed by atoms with E-state index in [1.165, 1.54) is 25.6 Å². The summed E-state index contributed by atoms with van der Waals surface area (Å²) in [7, 11) is 4.64. The molecule has 1 aromatic heterocycles. The molecule has 0 fully saturated rings. The van der Waals surface area contributed by atoms with Crippen LogP contribution in [0.4, 0.5) is 5.13 Å². The lowest BCUT2D eigenvalue weighted by atomic mass is 10.1. The van der Waals surface area contributed by atoms with Crippen LogP contribution in [0, 0.1) is 0 Å². The van der Waals surface area contributed by atoms with Crippen LogP contribution in [-0.2, 0) is 0 Å². The van der Waals surface area contributed by atoms with Crippen LogP contribution in [0.1, 0.15) is 10.4 Å². The SMILES string of the molecule is COc1cccc(-c2csc(NC(=O)c3c(OC)cccc3OC)n2)c1. The number of ether oxygens (including phenoxy) is 3. The Morgan fingerprint density at radius 1 is 1.00 bits per heavy atom. The van der Waals surface area contributed by atoms with Crippen molar-refractivity contribution in [1.82, 2.24) is 4.98 Å². The Labute approximate surface area is 155 Å². The molecule has 6 nitrogen and oxygen atoms in total. The van der Waals surface area contributed by atoms with Gasteiger partial charge in [-0.15, -0.1) is 11.3 Å². The number of carbonyl (C=O) groups is 1. The van der Waals surface area contributed by atoms with Gasteiger partial charge in [0.1, 0.15) is 22.8 Å². The molecule has 0 atom stereocenters. The average Bonchev–Trinajstić information content (AvgIpc) is 3.15. The van der Waals surface area contributed by atoms with Crippen molar-refractivity contribution in [2.24, 2.45) is 0 Å². The molecule has 0 aliphatic rings. The van der Waals surface area contributed by atoms with E-state index in [-0.39, 0.29) is 5.91 Å². The van der Waals surface area contributed by atoms with Crippen LogP contribution < -0.4 is 19.5 Å². The Kier molecular flexibility index (Phi) is 5.38. The van der Waals surface area contributed by atoms with Crippen LogP contribution in [0.15, 0.2) is 47.8 Å². The van der Waals surface area contributed by atoms with Gasteiger partial charge in [-0.05, 0) is 24.3 Å². The number of amides is 1. The molecular formula is C19H18N2O4S. The van der Waals surface area contributed by atoms with E-state index in [1.54, 1.807) is 25.3 Å². The first kappa shape index (κ1) is 17.8. The summed E-state index contributed by atoms with van der Waals surface area (Å²) in [4.78, 5) is 17.2. The van der Waals surface area contributed by atoms with Gasteiger partial charge in [0.15, 0.2) is 5.13 Å². The van der Waals surface area contributed by atoms with Crippen molar-refractivity contribution in [3.05, 3.63) is 53.4 Å². The summed E-state index contributed by atoms with van der Waals surface area (Å²) < 4.78 is 15.8. The number of nitrogens with one attached hydrogen (secondary N) is 1. The number of hydrogen-bond donors (Lipinski definition) is 1. The van der Waals surface area contributed by atoms with Crippen molar-refractivity contribution >= 4 is 22.4 Å². The third-order valence-corrected chi connectivity index (χ3v) is 4.50. The Balaban J connectivity index is 1.84. The van der Waals surface area contributed by atoms with Crippen molar-refractivity contribution in [2.45, 2.75) is 0 Å². The predicted octanol–water partition coefficient (Wildman–Crippen LogP) is 4.09. The molecule has 0 radical (unpaired) electrons. The molecule has 3 aromatic rings. The highest BCUT2D eigenvalue weighted by molar-refractivity contribution is 7.14. The van der Waals surface area contributed by atoms with Crippen LogP contribution >= 0.6 is 11.3 Å². The van der Waals surface area contributed by atoms with E-state index >= 15 is 0 Å². The number of benzene rings is 2. The fourth-order valence-corrected chi connectivity index (χ4v) is 3.20. The second-order valence-corrected chi connectivity index (χ2v) is 6.12. The van der Waals surface area contributed by atoms with Crippen LogP contribution in [0.2, 0.25) is 0 Å². The maximum absolute atomic E-state index is 12.7. The summed E-state index contributed by atoms with van der Waals surface area (Å²) in [5.41, 5.74) is 2.00. The van der Waals surface area contributed by atoms with E-state index in [0.717, 1.165) is 17.0 Å². The Hall–Kier alpha value is -3.06. The van der Waals surface area contributed by atoms with Gasteiger partial charge in [0.05, 0.1) is 27.0 Å². The largest absolute Gasteiger partial charge is 0.497 e. The minimum absolute atomic E-state index is 0.329. The number of thiazole rings is 1. The van der Waals surface area contributed by atoms with E-state index < -0.39 is 0 Å². The third-order valence-electron chi connectivity index (χ3n) is 3.75. The van der Waals surface area contributed by atoms with Crippen molar-refractivity contribution in [2.75, 3.05) is 26.6 Å². The van der Waals surface area contributed by atoms with Gasteiger partial charge in [-0.2, -0.15) is 0 Å². The Bertz CT molecular complexity index is 901. The van der Waals surface area contributed by atoms with E-state index in [2.05, 4.69) is 10.3 Å². The molecular weight excluding hydrogens is 352 g/mol. The predicted molar refractivity (Wildman–Crippen MR) is 102 cm³/mol. The molecule has 0 saturated carbocycles. The maximum Gasteiger partial charge on any atom is 0.265 e. The quantitative estimate of drug-likeness (QED) is 0.708. The van der Waals surface area contributed by atoms with Gasteiger partial charge in [-0.3, -0.25) is 10.1 Å². The fourth-order valence-electron chi connectivity index (χ4n) is 2.48. The standard InChI is InChI=1S/C19H18N2O4S/c1-23-13-7-4-6-12(10-13)14-11-26-19(20-14)21-18(22)17-15(24-2)8-5-9-16(17)25-3/h4-11H,1-3H3,(H,20,21,22). The average molecular weight is 370 g/mol. The molecule has 0 aliphatic heterocycles. The summed E-state index contributed by atoms with van der Waals surface area (Å²) in [5, 5.41) is 5.17. The van der Waals surface area contributed by atoms with E-state index in [9.17, 15) is 4.79 Å². The van der Waals surface area contributed by atoms with E-state index in [1.807, 2.05) is 29.6 Å². The topological polar surface area (TPSA) is 69.7 Å². The van der Waals surface area contributed by atoms with Crippen LogP contribution in [0.5, 0.6) is 17.2 Å². The third kappa shape index (κ3) is 3.62. The van der Waals surface area contributed by atoms with Crippen molar-refractivity contribution in [3.8, 4) is 28.5 Å². The number of nitrogens with zero attached hydrogens (tertiary/aromatic N) is 1. The van der Waals surface area contributed by atoms with Crippen molar-refractivity contribution < 1.29 is 19.0 Å². The normalized spacial score (nSPS) is 10.3. The van der Waals surface area contributed by atoms with Gasteiger partial charge in [0.25, 0.3) is 5.91 Å². The maximum atomic E-state index is 12.7. The molecule has 1 amide bonds. The second kappa shape index (κ2) is 7.88. The van der Waals surface area contributed by atoms with Crippen molar-refractivity contribution in [1.29, 1.82) is 0 Å². The minimum atomic E-state index is -0.342. The molecule has 0 unspecified atom stereocenters. The molecule has 1 heterocycles. The molecule has 2 aromatic carbocycles. The second-order valence-electron chi connectivity index (χ2n) is 5.26. The highest BCUT2D eigenvalue weighted by Gasteiger charge is 2.19. The van der Waals surface area contributed by atoms with Gasteiger partial charge in [-0.25, -0.2) is 4.98 Å². The highest BCUT2D eigenvalue weighted by atomic mass is 32.1. The Morgan fingerprint density at radius 2 is 1.69 bits per heavy atom. The number of anilines is 1. The lowest BCUT2D eigenvalue weighted by Gasteiger charge is -2.11. The summed E-state index contributed by atoms with van der Waals surface area (Å²) in [5.74, 6) is 1.28. The lowest BCUT2D eigenvalue weighted by molar-refractivity contribution is 0.102. The first-order valence-electron chi connectivity index (χ1n) is 7.78. The smallest absolute Gasteiger partial charge is 0.265 e. The van der Waals surface area contributed by atoms with Crippen LogP contribution in [-0.4, -0.2) is 32.2 Å². The molecule has 26 heavy (non-hydrogen) atoms. The van der Waals surface area contributed by atoms with Gasteiger partial charge in [-0.1, -0.05) is 18.2 Å². The Morgan fingerprint density at radius 3 is 2.35 bits per heavy atom. The van der Waals surface area contributed by atoms with Gasteiger partial charge >= 0.3 is 0 Å². The molecule has 3 rings (SSSR count). The first-order chi connectivity index (χ1) is 12.7. The minimum Gasteiger partial charge on any atom is -0.497 e. The van der Waals surface area contributed by atoms with Gasteiger partial charge in [0.2, 0.25) is 0 Å². The van der Waals surface area contributed by atoms with E-state index in [0.29, 0.717) is 22.2 Å². The van der Waals surface area contributed by atoms with Crippen molar-refractivity contribution in [3.63, 3.8) is 0 Å².